The van der Waals surface area contributed by atoms with Crippen molar-refractivity contribution in [3.63, 3.8) is 0 Å². The molecule has 4 rings (SSSR count). The molecule has 9 nitrogen and oxygen atoms in total. The van der Waals surface area contributed by atoms with Gasteiger partial charge in [0.25, 0.3) is 0 Å². The molecule has 2 aliphatic heterocycles. The van der Waals surface area contributed by atoms with Crippen molar-refractivity contribution in [1.82, 2.24) is 29.8 Å². The fourth-order valence-electron chi connectivity index (χ4n) is 4.20. The first kappa shape index (κ1) is 18.7. The van der Waals surface area contributed by atoms with Gasteiger partial charge in [0.05, 0.1) is 11.9 Å². The van der Waals surface area contributed by atoms with Gasteiger partial charge in [0.15, 0.2) is 0 Å². The van der Waals surface area contributed by atoms with Gasteiger partial charge in [0.2, 0.25) is 0 Å². The smallest absolute Gasteiger partial charge is 0.312 e. The molecule has 0 atom stereocenters. The average molecular weight is 386 g/mol. The lowest BCUT2D eigenvalue weighted by molar-refractivity contribution is -0.155. The summed E-state index contributed by atoms with van der Waals surface area (Å²) in [4.78, 5) is 28.6. The zero-order valence-electron chi connectivity index (χ0n) is 16.0. The fourth-order valence-corrected chi connectivity index (χ4v) is 4.20. The molecule has 2 amide bonds. The number of rotatable bonds is 2. The molecule has 0 bridgehead atoms. The molecular formula is C19H26N6O3. The van der Waals surface area contributed by atoms with E-state index in [0.29, 0.717) is 50.6 Å². The molecule has 2 aromatic rings. The summed E-state index contributed by atoms with van der Waals surface area (Å²) in [7, 11) is 1.90. The average Bonchev–Trinajstić information content (AvgIpc) is 3.40. The Balaban J connectivity index is 1.30. The molecule has 0 aromatic carbocycles. The van der Waals surface area contributed by atoms with Crippen LogP contribution in [-0.4, -0.2) is 72.9 Å². The quantitative estimate of drug-likeness (QED) is 0.725. The van der Waals surface area contributed by atoms with Gasteiger partial charge < -0.3 is 14.9 Å². The summed E-state index contributed by atoms with van der Waals surface area (Å²) in [6, 6.07) is 1.75. The molecule has 2 saturated heterocycles. The van der Waals surface area contributed by atoms with E-state index in [1.165, 1.54) is 5.56 Å². The number of aliphatic hydroxyl groups is 1. The van der Waals surface area contributed by atoms with E-state index < -0.39 is 17.4 Å². The van der Waals surface area contributed by atoms with Crippen LogP contribution in [0.1, 0.15) is 42.9 Å². The summed E-state index contributed by atoms with van der Waals surface area (Å²) >= 11 is 0. The molecule has 0 saturated carbocycles. The monoisotopic (exact) mass is 386 g/mol. The highest BCUT2D eigenvalue weighted by Crippen LogP contribution is 2.32. The van der Waals surface area contributed by atoms with E-state index in [2.05, 4.69) is 15.3 Å². The van der Waals surface area contributed by atoms with Crippen molar-refractivity contribution in [1.29, 1.82) is 0 Å². The zero-order valence-corrected chi connectivity index (χ0v) is 16.0. The van der Waals surface area contributed by atoms with Gasteiger partial charge in [-0.15, -0.1) is 0 Å². The predicted molar refractivity (Wildman–Crippen MR) is 100 cm³/mol. The maximum Gasteiger partial charge on any atom is 0.312 e. The number of piperidine rings is 2. The van der Waals surface area contributed by atoms with Crippen LogP contribution in [0.3, 0.4) is 0 Å². The number of H-pyrrole nitrogens is 1. The highest BCUT2D eigenvalue weighted by molar-refractivity contribution is 6.34. The van der Waals surface area contributed by atoms with Crippen LogP contribution in [0.25, 0.3) is 0 Å². The summed E-state index contributed by atoms with van der Waals surface area (Å²) in [6.07, 6.45) is 7.94. The molecule has 2 N–H and O–H groups in total. The first-order valence-corrected chi connectivity index (χ1v) is 9.75. The van der Waals surface area contributed by atoms with Gasteiger partial charge in [-0.3, -0.25) is 19.4 Å². The summed E-state index contributed by atoms with van der Waals surface area (Å²) in [5.41, 5.74) is 0.830. The number of likely N-dealkylation sites (tertiary alicyclic amines) is 2. The number of aryl methyl sites for hydroxylation is 1. The van der Waals surface area contributed by atoms with Crippen LogP contribution < -0.4 is 0 Å². The van der Waals surface area contributed by atoms with Gasteiger partial charge in [-0.25, -0.2) is 0 Å². The molecule has 9 heteroatoms. The number of carbonyl (C=O) groups is 2. The van der Waals surface area contributed by atoms with Gasteiger partial charge in [-0.05, 0) is 43.2 Å². The highest BCUT2D eigenvalue weighted by Gasteiger charge is 2.39. The largest absolute Gasteiger partial charge is 0.383 e. The minimum absolute atomic E-state index is 0.353. The third-order valence-corrected chi connectivity index (χ3v) is 6.04. The number of amides is 2. The van der Waals surface area contributed by atoms with Gasteiger partial charge in [0, 0.05) is 45.6 Å². The first-order chi connectivity index (χ1) is 13.5. The number of nitrogens with one attached hydrogen (secondary N) is 1. The van der Waals surface area contributed by atoms with Crippen LogP contribution in [0.2, 0.25) is 0 Å². The van der Waals surface area contributed by atoms with E-state index in [1.54, 1.807) is 26.7 Å². The lowest BCUT2D eigenvalue weighted by Crippen LogP contribution is -2.52. The second-order valence-electron chi connectivity index (χ2n) is 7.81. The summed E-state index contributed by atoms with van der Waals surface area (Å²) in [5.74, 6) is -0.518. The topological polar surface area (TPSA) is 107 Å². The van der Waals surface area contributed by atoms with Crippen LogP contribution in [0.5, 0.6) is 0 Å². The number of carbonyl (C=O) groups excluding carboxylic acids is 2. The minimum atomic E-state index is -1.02. The van der Waals surface area contributed by atoms with Crippen molar-refractivity contribution in [2.75, 3.05) is 26.2 Å². The second kappa shape index (κ2) is 7.38. The first-order valence-electron chi connectivity index (χ1n) is 9.75. The van der Waals surface area contributed by atoms with Crippen molar-refractivity contribution in [3.8, 4) is 0 Å². The van der Waals surface area contributed by atoms with Crippen LogP contribution in [0.15, 0.2) is 24.7 Å². The molecule has 28 heavy (non-hydrogen) atoms. The summed E-state index contributed by atoms with van der Waals surface area (Å²) < 4.78 is 1.79. The minimum Gasteiger partial charge on any atom is -0.383 e. The third-order valence-electron chi connectivity index (χ3n) is 6.04. The van der Waals surface area contributed by atoms with E-state index in [9.17, 15) is 14.7 Å². The van der Waals surface area contributed by atoms with Crippen LogP contribution in [0, 0.1) is 0 Å². The molecule has 4 heterocycles. The van der Waals surface area contributed by atoms with Crippen molar-refractivity contribution >= 4 is 11.8 Å². The Hall–Kier alpha value is -2.68. The molecule has 2 fully saturated rings. The number of hydrogen-bond acceptors (Lipinski definition) is 5. The maximum absolute atomic E-state index is 12.7. The lowest BCUT2D eigenvalue weighted by atomic mass is 9.88. The van der Waals surface area contributed by atoms with Crippen LogP contribution in [-0.2, 0) is 22.2 Å². The Morgan fingerprint density at radius 2 is 1.79 bits per heavy atom. The van der Waals surface area contributed by atoms with E-state index in [-0.39, 0.29) is 0 Å². The Labute approximate surface area is 163 Å². The Bertz CT molecular complexity index is 830. The number of hydrogen-bond donors (Lipinski definition) is 2. The third kappa shape index (κ3) is 3.54. The van der Waals surface area contributed by atoms with Gasteiger partial charge in [0.1, 0.15) is 5.60 Å². The fraction of sp³-hybridized carbons (Fsp3) is 0.579. The Morgan fingerprint density at radius 3 is 2.32 bits per heavy atom. The van der Waals surface area contributed by atoms with Gasteiger partial charge >= 0.3 is 11.8 Å². The number of aromatic amines is 1. The SMILES string of the molecule is Cn1cc(C2CCN(C(=O)C(=O)N3CCC(O)(c4ccn[nH]4)CC3)CC2)cn1. The Morgan fingerprint density at radius 1 is 1.14 bits per heavy atom. The number of aromatic nitrogens is 4. The van der Waals surface area contributed by atoms with Crippen molar-refractivity contribution in [3.05, 3.63) is 35.9 Å². The van der Waals surface area contributed by atoms with Crippen LogP contribution in [0.4, 0.5) is 0 Å². The van der Waals surface area contributed by atoms with E-state index in [1.807, 2.05) is 19.4 Å². The van der Waals surface area contributed by atoms with Crippen molar-refractivity contribution in [2.24, 2.45) is 7.05 Å². The van der Waals surface area contributed by atoms with Gasteiger partial charge in [-0.1, -0.05) is 0 Å². The Kier molecular flexibility index (Phi) is 4.92. The van der Waals surface area contributed by atoms with E-state index in [4.69, 9.17) is 0 Å². The van der Waals surface area contributed by atoms with E-state index >= 15 is 0 Å². The summed E-state index contributed by atoms with van der Waals surface area (Å²) in [6.45, 7) is 1.87. The number of nitrogens with zero attached hydrogens (tertiary/aromatic N) is 5. The molecule has 2 aliphatic rings. The zero-order chi connectivity index (χ0) is 19.7. The summed E-state index contributed by atoms with van der Waals surface area (Å²) in [5, 5.41) is 21.6. The van der Waals surface area contributed by atoms with E-state index in [0.717, 1.165) is 12.8 Å². The van der Waals surface area contributed by atoms with Crippen LogP contribution >= 0.6 is 0 Å². The molecule has 2 aromatic heterocycles. The molecular weight excluding hydrogens is 360 g/mol. The lowest BCUT2D eigenvalue weighted by Gasteiger charge is -2.38. The standard InChI is InChI=1S/C19H26N6O3/c1-23-13-15(12-21-23)14-3-8-24(9-4-14)17(26)18(27)25-10-5-19(28,6-11-25)16-2-7-20-22-16/h2,7,12-14,28H,3-6,8-11H2,1H3,(H,20,22). The highest BCUT2D eigenvalue weighted by atomic mass is 16.3. The molecule has 0 radical (unpaired) electrons. The van der Waals surface area contributed by atoms with Crippen molar-refractivity contribution in [2.45, 2.75) is 37.2 Å². The molecule has 150 valence electrons. The predicted octanol–water partition coefficient (Wildman–Crippen LogP) is 0.359. The van der Waals surface area contributed by atoms with Gasteiger partial charge in [-0.2, -0.15) is 10.2 Å². The maximum atomic E-state index is 12.7. The molecule has 0 unspecified atom stereocenters. The molecule has 0 spiro atoms. The normalized spacial score (nSPS) is 20.4. The molecule has 0 aliphatic carbocycles. The second-order valence-corrected chi connectivity index (χ2v) is 7.81. The van der Waals surface area contributed by atoms with Crippen molar-refractivity contribution < 1.29 is 14.7 Å².